The topological polar surface area (TPSA) is 55.4 Å². The lowest BCUT2D eigenvalue weighted by Crippen LogP contribution is -2.24. The van der Waals surface area contributed by atoms with E-state index in [1.165, 1.54) is 11.3 Å². The molecule has 76 valence electrons. The molecule has 0 aliphatic heterocycles. The van der Waals surface area contributed by atoms with Crippen LogP contribution >= 0.6 is 27.3 Å². The van der Waals surface area contributed by atoms with Crippen molar-refractivity contribution in [3.05, 3.63) is 15.9 Å². The Morgan fingerprint density at radius 1 is 1.57 bits per heavy atom. The Bertz CT molecular complexity index is 350. The van der Waals surface area contributed by atoms with E-state index in [0.717, 1.165) is 3.79 Å². The second-order valence-corrected chi connectivity index (χ2v) is 4.74. The number of halogens is 1. The van der Waals surface area contributed by atoms with Crippen LogP contribution in [-0.2, 0) is 14.3 Å². The minimum Gasteiger partial charge on any atom is -0.459 e. The summed E-state index contributed by atoms with van der Waals surface area (Å²) in [6.07, 6.45) is 0. The van der Waals surface area contributed by atoms with E-state index >= 15 is 0 Å². The van der Waals surface area contributed by atoms with E-state index in [1.54, 1.807) is 19.1 Å². The number of ether oxygens (including phenoxy) is 1. The van der Waals surface area contributed by atoms with Crippen molar-refractivity contribution in [1.29, 1.82) is 0 Å². The molecule has 0 radical (unpaired) electrons. The summed E-state index contributed by atoms with van der Waals surface area (Å²) in [6, 6.07) is 3.48. The number of hydrogen-bond donors (Lipinski definition) is 1. The molecule has 14 heavy (non-hydrogen) atoms. The SMILES string of the molecule is CCOC(=O)C(=O)Nc1ccc(Br)s1. The van der Waals surface area contributed by atoms with Gasteiger partial charge in [0.1, 0.15) is 0 Å². The van der Waals surface area contributed by atoms with Crippen molar-refractivity contribution in [1.82, 2.24) is 0 Å². The van der Waals surface area contributed by atoms with Gasteiger partial charge >= 0.3 is 11.9 Å². The van der Waals surface area contributed by atoms with Gasteiger partial charge in [-0.1, -0.05) is 0 Å². The lowest BCUT2D eigenvalue weighted by atomic mass is 10.5. The summed E-state index contributed by atoms with van der Waals surface area (Å²) in [6.45, 7) is 1.84. The fourth-order valence-electron chi connectivity index (χ4n) is 0.741. The minimum absolute atomic E-state index is 0.195. The molecule has 0 aromatic carbocycles. The zero-order valence-corrected chi connectivity index (χ0v) is 9.78. The van der Waals surface area contributed by atoms with Gasteiger partial charge in [0.15, 0.2) is 0 Å². The molecule has 0 unspecified atom stereocenters. The van der Waals surface area contributed by atoms with Crippen molar-refractivity contribution in [3.63, 3.8) is 0 Å². The van der Waals surface area contributed by atoms with Gasteiger partial charge in [0.25, 0.3) is 0 Å². The third-order valence-corrected chi connectivity index (χ3v) is 2.81. The molecule has 0 atom stereocenters. The van der Waals surface area contributed by atoms with Crippen LogP contribution in [0.15, 0.2) is 15.9 Å². The summed E-state index contributed by atoms with van der Waals surface area (Å²) in [5.74, 6) is -1.61. The van der Waals surface area contributed by atoms with Crippen LogP contribution < -0.4 is 5.32 Å². The maximum atomic E-state index is 11.1. The molecule has 0 spiro atoms. The summed E-state index contributed by atoms with van der Waals surface area (Å²) in [5.41, 5.74) is 0. The first-order chi connectivity index (χ1) is 6.63. The van der Waals surface area contributed by atoms with Crippen LogP contribution in [0.25, 0.3) is 0 Å². The van der Waals surface area contributed by atoms with Gasteiger partial charge in [-0.15, -0.1) is 11.3 Å². The summed E-state index contributed by atoms with van der Waals surface area (Å²) in [4.78, 5) is 22.0. The first-order valence-electron chi connectivity index (χ1n) is 3.87. The van der Waals surface area contributed by atoms with Crippen molar-refractivity contribution in [2.45, 2.75) is 6.92 Å². The van der Waals surface area contributed by atoms with Crippen LogP contribution in [0.1, 0.15) is 6.92 Å². The van der Waals surface area contributed by atoms with Crippen molar-refractivity contribution < 1.29 is 14.3 Å². The van der Waals surface area contributed by atoms with Gasteiger partial charge in [-0.25, -0.2) is 4.79 Å². The fraction of sp³-hybridized carbons (Fsp3) is 0.250. The largest absolute Gasteiger partial charge is 0.459 e. The summed E-state index contributed by atoms with van der Waals surface area (Å²) < 4.78 is 5.41. The highest BCUT2D eigenvalue weighted by molar-refractivity contribution is 9.11. The van der Waals surface area contributed by atoms with Gasteiger partial charge in [-0.05, 0) is 35.0 Å². The summed E-state index contributed by atoms with van der Waals surface area (Å²) in [5, 5.41) is 3.03. The molecular weight excluding hydrogens is 270 g/mol. The molecule has 1 aromatic heterocycles. The lowest BCUT2D eigenvalue weighted by molar-refractivity contribution is -0.152. The molecule has 6 heteroatoms. The van der Waals surface area contributed by atoms with E-state index in [-0.39, 0.29) is 6.61 Å². The number of carbonyl (C=O) groups excluding carboxylic acids is 2. The number of carbonyl (C=O) groups is 2. The Kier molecular flexibility index (Phi) is 4.09. The number of hydrogen-bond acceptors (Lipinski definition) is 4. The molecule has 0 fully saturated rings. The highest BCUT2D eigenvalue weighted by Gasteiger charge is 2.15. The first kappa shape index (κ1) is 11.2. The number of thiophene rings is 1. The number of esters is 1. The van der Waals surface area contributed by atoms with Crippen molar-refractivity contribution in [2.24, 2.45) is 0 Å². The molecule has 0 saturated heterocycles. The third-order valence-electron chi connectivity index (χ3n) is 1.27. The van der Waals surface area contributed by atoms with Crippen LogP contribution in [0.2, 0.25) is 0 Å². The third kappa shape index (κ3) is 3.12. The molecule has 0 bridgehead atoms. The average Bonchev–Trinajstić information content (AvgIpc) is 2.51. The van der Waals surface area contributed by atoms with Gasteiger partial charge in [-0.3, -0.25) is 4.79 Å². The van der Waals surface area contributed by atoms with Crippen LogP contribution in [0.4, 0.5) is 5.00 Å². The number of nitrogens with one attached hydrogen (secondary N) is 1. The second-order valence-electron chi connectivity index (χ2n) is 2.28. The van der Waals surface area contributed by atoms with Crippen molar-refractivity contribution >= 4 is 44.1 Å². The zero-order chi connectivity index (χ0) is 10.6. The van der Waals surface area contributed by atoms with E-state index in [4.69, 9.17) is 0 Å². The van der Waals surface area contributed by atoms with Crippen molar-refractivity contribution in [3.8, 4) is 0 Å². The Morgan fingerprint density at radius 3 is 2.79 bits per heavy atom. The lowest BCUT2D eigenvalue weighted by Gasteiger charge is -2.00. The summed E-state index contributed by atoms with van der Waals surface area (Å²) in [7, 11) is 0. The van der Waals surface area contributed by atoms with E-state index in [2.05, 4.69) is 26.0 Å². The van der Waals surface area contributed by atoms with E-state index in [1.807, 2.05) is 0 Å². The van der Waals surface area contributed by atoms with Crippen LogP contribution in [0.3, 0.4) is 0 Å². The molecule has 1 amide bonds. The molecule has 0 saturated carbocycles. The minimum atomic E-state index is -0.864. The van der Waals surface area contributed by atoms with Gasteiger partial charge < -0.3 is 10.1 Å². The van der Waals surface area contributed by atoms with Gasteiger partial charge in [-0.2, -0.15) is 0 Å². The standard InChI is InChI=1S/C8H8BrNO3S/c1-2-13-8(12)7(11)10-6-4-3-5(9)14-6/h3-4H,2H2,1H3,(H,10,11). The van der Waals surface area contributed by atoms with Crippen LogP contribution in [-0.4, -0.2) is 18.5 Å². The van der Waals surface area contributed by atoms with Crippen molar-refractivity contribution in [2.75, 3.05) is 11.9 Å². The number of amides is 1. The monoisotopic (exact) mass is 277 g/mol. The molecule has 1 aromatic rings. The average molecular weight is 278 g/mol. The molecule has 0 aliphatic carbocycles. The molecule has 4 nitrogen and oxygen atoms in total. The van der Waals surface area contributed by atoms with Gasteiger partial charge in [0, 0.05) is 0 Å². The highest BCUT2D eigenvalue weighted by Crippen LogP contribution is 2.26. The molecule has 1 heterocycles. The normalized spacial score (nSPS) is 9.57. The quantitative estimate of drug-likeness (QED) is 0.665. The number of anilines is 1. The van der Waals surface area contributed by atoms with Crippen LogP contribution in [0.5, 0.6) is 0 Å². The Morgan fingerprint density at radius 2 is 2.29 bits per heavy atom. The predicted molar refractivity (Wildman–Crippen MR) is 57.3 cm³/mol. The fourth-order valence-corrected chi connectivity index (χ4v) is 2.02. The first-order valence-corrected chi connectivity index (χ1v) is 5.48. The van der Waals surface area contributed by atoms with Crippen LogP contribution in [0, 0.1) is 0 Å². The Labute approximate surface area is 93.4 Å². The number of rotatable bonds is 2. The maximum absolute atomic E-state index is 11.1. The smallest absolute Gasteiger partial charge is 0.397 e. The summed E-state index contributed by atoms with van der Waals surface area (Å²) >= 11 is 4.57. The predicted octanol–water partition coefficient (Wildman–Crippen LogP) is 2.01. The van der Waals surface area contributed by atoms with Gasteiger partial charge in [0.2, 0.25) is 0 Å². The molecule has 1 N–H and O–H groups in total. The van der Waals surface area contributed by atoms with E-state index in [9.17, 15) is 9.59 Å². The highest BCUT2D eigenvalue weighted by atomic mass is 79.9. The van der Waals surface area contributed by atoms with E-state index < -0.39 is 11.9 Å². The van der Waals surface area contributed by atoms with E-state index in [0.29, 0.717) is 5.00 Å². The maximum Gasteiger partial charge on any atom is 0.397 e. The molecular formula is C8H8BrNO3S. The Hall–Kier alpha value is -0.880. The zero-order valence-electron chi connectivity index (χ0n) is 7.37. The van der Waals surface area contributed by atoms with Gasteiger partial charge in [0.05, 0.1) is 15.4 Å². The molecule has 1 rings (SSSR count). The molecule has 0 aliphatic rings. The Balaban J connectivity index is 2.53. The second kappa shape index (κ2) is 5.11.